The molecule has 4 heteroatoms. The molecule has 1 fully saturated rings. The summed E-state index contributed by atoms with van der Waals surface area (Å²) in [5.41, 5.74) is 9.19. The van der Waals surface area contributed by atoms with Crippen molar-refractivity contribution in [2.75, 3.05) is 6.54 Å². The van der Waals surface area contributed by atoms with Crippen LogP contribution in [0, 0.1) is 0 Å². The molecule has 1 aliphatic heterocycles. The molecule has 1 heterocycles. The third-order valence-corrected chi connectivity index (χ3v) is 5.62. The summed E-state index contributed by atoms with van der Waals surface area (Å²) in [6, 6.07) is 15.6. The van der Waals surface area contributed by atoms with Gasteiger partial charge in [-0.15, -0.1) is 0 Å². The molecule has 0 bridgehead atoms. The first kappa shape index (κ1) is 15.9. The molecule has 2 N–H and O–H groups in total. The molecular weight excluding hydrogens is 312 g/mol. The van der Waals surface area contributed by atoms with Crippen LogP contribution >= 0.6 is 0 Å². The fraction of sp³-hybridized carbons (Fsp3) is 0.333. The van der Waals surface area contributed by atoms with Crippen LogP contribution in [0.5, 0.6) is 0 Å². The number of carbonyl (C=O) groups excluding carboxylic acids is 2. The van der Waals surface area contributed by atoms with Crippen molar-refractivity contribution < 1.29 is 9.59 Å². The van der Waals surface area contributed by atoms with E-state index in [1.807, 2.05) is 4.90 Å². The maximum atomic E-state index is 13.1. The Kier molecular flexibility index (Phi) is 4.04. The minimum Gasteiger partial charge on any atom is -0.366 e. The van der Waals surface area contributed by atoms with E-state index < -0.39 is 5.91 Å². The summed E-state index contributed by atoms with van der Waals surface area (Å²) in [4.78, 5) is 26.3. The number of amides is 2. The molecule has 0 radical (unpaired) electrons. The summed E-state index contributed by atoms with van der Waals surface area (Å²) >= 11 is 0. The number of piperidine rings is 1. The van der Waals surface area contributed by atoms with Crippen molar-refractivity contribution >= 4 is 11.8 Å². The van der Waals surface area contributed by atoms with Gasteiger partial charge in [0, 0.05) is 29.6 Å². The van der Waals surface area contributed by atoms with Crippen molar-refractivity contribution in [3.8, 4) is 0 Å². The van der Waals surface area contributed by atoms with Crippen molar-refractivity contribution in [1.29, 1.82) is 0 Å². The Labute approximate surface area is 147 Å². The van der Waals surface area contributed by atoms with Crippen molar-refractivity contribution in [3.63, 3.8) is 0 Å². The summed E-state index contributed by atoms with van der Waals surface area (Å²) in [6.07, 6.45) is 4.22. The molecule has 0 spiro atoms. The largest absolute Gasteiger partial charge is 0.366 e. The lowest BCUT2D eigenvalue weighted by molar-refractivity contribution is 0.0546. The first-order chi connectivity index (χ1) is 12.1. The zero-order valence-electron chi connectivity index (χ0n) is 14.2. The lowest BCUT2D eigenvalue weighted by Crippen LogP contribution is -2.49. The molecule has 2 atom stereocenters. The van der Waals surface area contributed by atoms with E-state index >= 15 is 0 Å². The van der Waals surface area contributed by atoms with Gasteiger partial charge in [-0.05, 0) is 61.1 Å². The van der Waals surface area contributed by atoms with E-state index in [4.69, 9.17) is 5.73 Å². The summed E-state index contributed by atoms with van der Waals surface area (Å²) in [7, 11) is 0. The van der Waals surface area contributed by atoms with Gasteiger partial charge in [0.1, 0.15) is 0 Å². The molecule has 1 aliphatic carbocycles. The van der Waals surface area contributed by atoms with Gasteiger partial charge in [-0.3, -0.25) is 9.59 Å². The molecule has 128 valence electrons. The molecule has 1 unspecified atom stereocenters. The normalized spacial score (nSPS) is 22.0. The van der Waals surface area contributed by atoms with Gasteiger partial charge in [0.2, 0.25) is 5.91 Å². The molecule has 2 aromatic carbocycles. The maximum Gasteiger partial charge on any atom is 0.254 e. The van der Waals surface area contributed by atoms with Crippen LogP contribution in [0.1, 0.15) is 57.0 Å². The highest BCUT2D eigenvalue weighted by molar-refractivity contribution is 5.97. The fourth-order valence-electron chi connectivity index (χ4n) is 4.40. The average molecular weight is 334 g/mol. The highest BCUT2D eigenvalue weighted by Gasteiger charge is 2.38. The molecule has 25 heavy (non-hydrogen) atoms. The molecule has 1 saturated heterocycles. The highest BCUT2D eigenvalue weighted by atomic mass is 16.2. The first-order valence-electron chi connectivity index (χ1n) is 8.94. The number of fused-ring (bicyclic) bond motifs is 3. The van der Waals surface area contributed by atoms with E-state index in [2.05, 4.69) is 24.3 Å². The van der Waals surface area contributed by atoms with E-state index in [9.17, 15) is 9.59 Å². The number of rotatable bonds is 2. The van der Waals surface area contributed by atoms with E-state index in [0.29, 0.717) is 17.0 Å². The lowest BCUT2D eigenvalue weighted by Gasteiger charge is -2.45. The van der Waals surface area contributed by atoms with Crippen LogP contribution < -0.4 is 5.73 Å². The van der Waals surface area contributed by atoms with E-state index in [-0.39, 0.29) is 11.9 Å². The van der Waals surface area contributed by atoms with Crippen molar-refractivity contribution in [3.05, 3.63) is 70.8 Å². The molecule has 2 aromatic rings. The van der Waals surface area contributed by atoms with Gasteiger partial charge < -0.3 is 10.6 Å². The predicted molar refractivity (Wildman–Crippen MR) is 96.5 cm³/mol. The van der Waals surface area contributed by atoms with Crippen LogP contribution in [0.4, 0.5) is 0 Å². The van der Waals surface area contributed by atoms with Crippen molar-refractivity contribution in [1.82, 2.24) is 4.90 Å². The standard InChI is InChI=1S/C21H22N2O2/c22-20(24)15-7-9-16(10-8-15)21(25)23-13-3-6-18-17-5-2-1-4-14(17)11-12-19(18)23/h1-2,4-5,7-10,18-19H,3,6,11-13H2,(H2,22,24)/t18-,19?/m1/s1. The Balaban J connectivity index is 1.60. The van der Waals surface area contributed by atoms with Gasteiger partial charge >= 0.3 is 0 Å². The zero-order chi connectivity index (χ0) is 17.4. The van der Waals surface area contributed by atoms with Crippen molar-refractivity contribution in [2.24, 2.45) is 5.73 Å². The summed E-state index contributed by atoms with van der Waals surface area (Å²) in [6.45, 7) is 0.805. The summed E-state index contributed by atoms with van der Waals surface area (Å²) in [5.74, 6) is 0.0265. The minimum absolute atomic E-state index is 0.0603. The van der Waals surface area contributed by atoms with Gasteiger partial charge in [-0.2, -0.15) is 0 Å². The van der Waals surface area contributed by atoms with Crippen LogP contribution in [0.15, 0.2) is 48.5 Å². The summed E-state index contributed by atoms with van der Waals surface area (Å²) in [5, 5.41) is 0. The van der Waals surface area contributed by atoms with Gasteiger partial charge in [0.15, 0.2) is 0 Å². The van der Waals surface area contributed by atoms with E-state index in [0.717, 1.165) is 32.2 Å². The van der Waals surface area contributed by atoms with E-state index in [1.54, 1.807) is 24.3 Å². The molecule has 0 aromatic heterocycles. The van der Waals surface area contributed by atoms with Gasteiger partial charge in [0.05, 0.1) is 0 Å². The van der Waals surface area contributed by atoms with Crippen LogP contribution in [-0.4, -0.2) is 29.3 Å². The van der Waals surface area contributed by atoms with Crippen molar-refractivity contribution in [2.45, 2.75) is 37.6 Å². The number of nitrogens with zero attached hydrogens (tertiary/aromatic N) is 1. The molecule has 2 amide bonds. The Morgan fingerprint density at radius 3 is 2.44 bits per heavy atom. The number of nitrogens with two attached hydrogens (primary N) is 1. The van der Waals surface area contributed by atoms with Gasteiger partial charge in [-0.25, -0.2) is 0 Å². The van der Waals surface area contributed by atoms with Gasteiger partial charge in [-0.1, -0.05) is 24.3 Å². The Morgan fingerprint density at radius 1 is 0.960 bits per heavy atom. The highest BCUT2D eigenvalue weighted by Crippen LogP contribution is 2.41. The third-order valence-electron chi connectivity index (χ3n) is 5.62. The molecule has 4 rings (SSSR count). The number of benzene rings is 2. The zero-order valence-corrected chi connectivity index (χ0v) is 14.2. The monoisotopic (exact) mass is 334 g/mol. The SMILES string of the molecule is NC(=O)c1ccc(C(=O)N2CCC[C@@H]3c4ccccc4CCC32)cc1. The van der Waals surface area contributed by atoms with E-state index in [1.165, 1.54) is 11.1 Å². The maximum absolute atomic E-state index is 13.1. The second-order valence-electron chi connectivity index (χ2n) is 6.99. The van der Waals surface area contributed by atoms with Crippen LogP contribution in [0.25, 0.3) is 0 Å². The average Bonchev–Trinajstić information content (AvgIpc) is 2.67. The number of likely N-dealkylation sites (tertiary alicyclic amines) is 1. The Hall–Kier alpha value is -2.62. The fourth-order valence-corrected chi connectivity index (χ4v) is 4.40. The minimum atomic E-state index is -0.471. The Morgan fingerprint density at radius 2 is 1.68 bits per heavy atom. The molecular formula is C21H22N2O2. The molecule has 2 aliphatic rings. The van der Waals surface area contributed by atoms with Crippen LogP contribution in [0.3, 0.4) is 0 Å². The molecule has 0 saturated carbocycles. The quantitative estimate of drug-likeness (QED) is 0.917. The predicted octanol–water partition coefficient (Wildman–Crippen LogP) is 3.12. The number of aryl methyl sites for hydroxylation is 1. The smallest absolute Gasteiger partial charge is 0.254 e. The topological polar surface area (TPSA) is 63.4 Å². The Bertz CT molecular complexity index is 813. The van der Waals surface area contributed by atoms with Gasteiger partial charge in [0.25, 0.3) is 5.91 Å². The number of carbonyl (C=O) groups is 2. The second-order valence-corrected chi connectivity index (χ2v) is 6.99. The third kappa shape index (κ3) is 2.82. The van der Waals surface area contributed by atoms with Crippen LogP contribution in [0.2, 0.25) is 0 Å². The number of hydrogen-bond donors (Lipinski definition) is 1. The summed E-state index contributed by atoms with van der Waals surface area (Å²) < 4.78 is 0. The second kappa shape index (κ2) is 6.36. The first-order valence-corrected chi connectivity index (χ1v) is 8.94. The number of primary amides is 1. The number of hydrogen-bond acceptors (Lipinski definition) is 2. The lowest BCUT2D eigenvalue weighted by atomic mass is 9.74. The molecule has 4 nitrogen and oxygen atoms in total. The van der Waals surface area contributed by atoms with Crippen LogP contribution in [-0.2, 0) is 6.42 Å².